The zero-order valence-electron chi connectivity index (χ0n) is 12.3. The first-order chi connectivity index (χ1) is 10.5. The summed E-state index contributed by atoms with van der Waals surface area (Å²) in [5, 5.41) is 13.8. The average Bonchev–Trinajstić information content (AvgIpc) is 2.56. The van der Waals surface area contributed by atoms with Crippen LogP contribution >= 0.6 is 0 Å². The predicted molar refractivity (Wildman–Crippen MR) is 81.5 cm³/mol. The highest BCUT2D eigenvalue weighted by molar-refractivity contribution is 6.06. The van der Waals surface area contributed by atoms with Crippen molar-refractivity contribution in [2.24, 2.45) is 5.11 Å². The van der Waals surface area contributed by atoms with Gasteiger partial charge in [-0.15, -0.1) is 5.73 Å². The van der Waals surface area contributed by atoms with E-state index in [-0.39, 0.29) is 5.91 Å². The highest BCUT2D eigenvalue weighted by Crippen LogP contribution is 2.34. The molecule has 2 rings (SSSR count). The Labute approximate surface area is 127 Å². The Morgan fingerprint density at radius 3 is 2.68 bits per heavy atom. The summed E-state index contributed by atoms with van der Waals surface area (Å²) in [7, 11) is 1.55. The Kier molecular flexibility index (Phi) is 4.53. The van der Waals surface area contributed by atoms with Gasteiger partial charge >= 0.3 is 0 Å². The summed E-state index contributed by atoms with van der Waals surface area (Å²) in [4.78, 5) is 16.3. The van der Waals surface area contributed by atoms with E-state index in [9.17, 15) is 9.90 Å². The number of aliphatic hydroxyl groups is 1. The third kappa shape index (κ3) is 2.56. The van der Waals surface area contributed by atoms with Crippen LogP contribution < -0.4 is 9.64 Å². The molecule has 0 aliphatic carbocycles. The molecule has 0 unspecified atom stereocenters. The molecule has 1 aromatic rings. The standard InChI is InChI=1S/C15H16N4O3/c1-4-9(2)14(20)13-12(17-18-16)15(21)19(13)10-5-7-11(22-3)8-6-10/h5-8,12-14,20H,1H2,2-3H3/t12-,13-,14-/m1/s1. The molecular formula is C15H16N4O3. The molecule has 1 aromatic carbocycles. The summed E-state index contributed by atoms with van der Waals surface area (Å²) in [5.74, 6) is 0.298. The molecule has 0 spiro atoms. The number of ether oxygens (including phenoxy) is 1. The molecular weight excluding hydrogens is 284 g/mol. The van der Waals surface area contributed by atoms with Crippen molar-refractivity contribution in [3.05, 3.63) is 52.6 Å². The van der Waals surface area contributed by atoms with Crippen molar-refractivity contribution in [1.29, 1.82) is 0 Å². The van der Waals surface area contributed by atoms with Crippen LogP contribution in [0.25, 0.3) is 10.4 Å². The Morgan fingerprint density at radius 2 is 2.18 bits per heavy atom. The summed E-state index contributed by atoms with van der Waals surface area (Å²) in [6.45, 7) is 5.14. The number of hydrogen-bond acceptors (Lipinski definition) is 4. The van der Waals surface area contributed by atoms with Crippen molar-refractivity contribution in [2.45, 2.75) is 25.1 Å². The highest BCUT2D eigenvalue weighted by atomic mass is 16.5. The van der Waals surface area contributed by atoms with Gasteiger partial charge in [0.15, 0.2) is 0 Å². The van der Waals surface area contributed by atoms with Gasteiger partial charge in [-0.25, -0.2) is 0 Å². The van der Waals surface area contributed by atoms with Gasteiger partial charge < -0.3 is 14.7 Å². The summed E-state index contributed by atoms with van der Waals surface area (Å²) in [5.41, 5.74) is 12.3. The molecule has 22 heavy (non-hydrogen) atoms. The molecule has 0 radical (unpaired) electrons. The van der Waals surface area contributed by atoms with E-state index in [1.807, 2.05) is 0 Å². The van der Waals surface area contributed by atoms with E-state index in [0.717, 1.165) is 0 Å². The SMILES string of the molecule is C=C=C(C)[C@@H](O)[C@H]1[C@@H](N=[N+]=[N-])C(=O)N1c1ccc(OC)cc1. The number of carbonyl (C=O) groups excluding carboxylic acids is 1. The molecule has 7 heteroatoms. The largest absolute Gasteiger partial charge is 0.497 e. The lowest BCUT2D eigenvalue weighted by atomic mass is 9.87. The van der Waals surface area contributed by atoms with Crippen LogP contribution in [0.4, 0.5) is 5.69 Å². The normalized spacial score (nSPS) is 21.2. The Bertz CT molecular complexity index is 673. The smallest absolute Gasteiger partial charge is 0.238 e. The van der Waals surface area contributed by atoms with Crippen molar-refractivity contribution in [3.8, 4) is 5.75 Å². The van der Waals surface area contributed by atoms with E-state index in [1.54, 1.807) is 38.3 Å². The van der Waals surface area contributed by atoms with Gasteiger partial charge in [0.05, 0.1) is 13.2 Å². The lowest BCUT2D eigenvalue weighted by Gasteiger charge is -2.47. The fourth-order valence-corrected chi connectivity index (χ4v) is 2.38. The monoisotopic (exact) mass is 300 g/mol. The van der Waals surface area contributed by atoms with Crippen LogP contribution in [0.15, 0.2) is 47.3 Å². The van der Waals surface area contributed by atoms with Gasteiger partial charge in [0.25, 0.3) is 0 Å². The van der Waals surface area contributed by atoms with Crippen molar-refractivity contribution in [3.63, 3.8) is 0 Å². The lowest BCUT2D eigenvalue weighted by Crippen LogP contribution is -2.68. The number of benzene rings is 1. The van der Waals surface area contributed by atoms with E-state index in [2.05, 4.69) is 22.3 Å². The average molecular weight is 300 g/mol. The topological polar surface area (TPSA) is 98.5 Å². The van der Waals surface area contributed by atoms with Crippen LogP contribution in [0.5, 0.6) is 5.75 Å². The lowest BCUT2D eigenvalue weighted by molar-refractivity contribution is -0.127. The molecule has 1 amide bonds. The molecule has 3 atom stereocenters. The first-order valence-electron chi connectivity index (χ1n) is 6.61. The van der Waals surface area contributed by atoms with Gasteiger partial charge in [-0.1, -0.05) is 11.7 Å². The Balaban J connectivity index is 2.37. The van der Waals surface area contributed by atoms with Crippen LogP contribution in [0.3, 0.4) is 0 Å². The van der Waals surface area contributed by atoms with E-state index in [4.69, 9.17) is 10.3 Å². The van der Waals surface area contributed by atoms with E-state index < -0.39 is 18.2 Å². The maximum atomic E-state index is 12.2. The maximum Gasteiger partial charge on any atom is 0.238 e. The molecule has 0 saturated carbocycles. The number of methoxy groups -OCH3 is 1. The predicted octanol–water partition coefficient (Wildman–Crippen LogP) is 2.18. The first kappa shape index (κ1) is 15.7. The van der Waals surface area contributed by atoms with Gasteiger partial charge in [0, 0.05) is 10.6 Å². The number of β-lactam (4-membered cyclic amide) rings is 1. The molecule has 1 N–H and O–H groups in total. The molecule has 7 nitrogen and oxygen atoms in total. The van der Waals surface area contributed by atoms with Crippen molar-refractivity contribution >= 4 is 11.6 Å². The third-order valence-corrected chi connectivity index (χ3v) is 3.68. The third-order valence-electron chi connectivity index (χ3n) is 3.68. The number of amides is 1. The van der Waals surface area contributed by atoms with E-state index in [0.29, 0.717) is 17.0 Å². The summed E-state index contributed by atoms with van der Waals surface area (Å²) >= 11 is 0. The minimum atomic E-state index is -1.01. The fourth-order valence-electron chi connectivity index (χ4n) is 2.38. The van der Waals surface area contributed by atoms with E-state index >= 15 is 0 Å². The summed E-state index contributed by atoms with van der Waals surface area (Å²) in [6, 6.07) is 5.22. The zero-order chi connectivity index (χ0) is 16.3. The van der Waals surface area contributed by atoms with E-state index in [1.165, 1.54) is 4.90 Å². The molecule has 0 bridgehead atoms. The van der Waals surface area contributed by atoms with Crippen molar-refractivity contribution in [2.75, 3.05) is 12.0 Å². The van der Waals surface area contributed by atoms with Crippen LogP contribution in [-0.4, -0.2) is 36.3 Å². The molecule has 1 aliphatic rings. The van der Waals surface area contributed by atoms with Gasteiger partial charge in [0.1, 0.15) is 17.9 Å². The Hall–Kier alpha value is -2.72. The minimum Gasteiger partial charge on any atom is -0.497 e. The number of nitrogens with zero attached hydrogens (tertiary/aromatic N) is 4. The second kappa shape index (κ2) is 6.37. The van der Waals surface area contributed by atoms with Crippen LogP contribution in [0.1, 0.15) is 6.92 Å². The second-order valence-electron chi connectivity index (χ2n) is 4.85. The number of aliphatic hydroxyl groups excluding tert-OH is 1. The van der Waals surface area contributed by atoms with Gasteiger partial charge in [-0.3, -0.25) is 4.79 Å². The van der Waals surface area contributed by atoms with Gasteiger partial charge in [-0.2, -0.15) is 0 Å². The number of rotatable bonds is 5. The maximum absolute atomic E-state index is 12.2. The number of azide groups is 1. The first-order valence-corrected chi connectivity index (χ1v) is 6.61. The van der Waals surface area contributed by atoms with Crippen LogP contribution in [-0.2, 0) is 4.79 Å². The number of anilines is 1. The fraction of sp³-hybridized carbons (Fsp3) is 0.333. The quantitative estimate of drug-likeness (QED) is 0.296. The highest BCUT2D eigenvalue weighted by Gasteiger charge is 2.51. The van der Waals surface area contributed by atoms with Crippen LogP contribution in [0.2, 0.25) is 0 Å². The summed E-state index contributed by atoms with van der Waals surface area (Å²) in [6.07, 6.45) is -1.01. The van der Waals surface area contributed by atoms with Crippen molar-refractivity contribution < 1.29 is 14.6 Å². The molecule has 1 heterocycles. The van der Waals surface area contributed by atoms with Crippen LogP contribution in [0, 0.1) is 0 Å². The number of hydrogen-bond donors (Lipinski definition) is 1. The zero-order valence-corrected chi connectivity index (χ0v) is 12.3. The minimum absolute atomic E-state index is 0.358. The van der Waals surface area contributed by atoms with Gasteiger partial charge in [-0.05, 0) is 42.3 Å². The molecule has 114 valence electrons. The second-order valence-corrected chi connectivity index (χ2v) is 4.85. The molecule has 0 aromatic heterocycles. The van der Waals surface area contributed by atoms with Gasteiger partial charge in [0.2, 0.25) is 5.91 Å². The molecule has 1 saturated heterocycles. The molecule has 1 fully saturated rings. The number of carbonyl (C=O) groups is 1. The molecule has 1 aliphatic heterocycles. The summed E-state index contributed by atoms with van der Waals surface area (Å²) < 4.78 is 5.08. The van der Waals surface area contributed by atoms with Crippen molar-refractivity contribution in [1.82, 2.24) is 0 Å². The Morgan fingerprint density at radius 1 is 1.55 bits per heavy atom.